The van der Waals surface area contributed by atoms with Gasteiger partial charge in [-0.2, -0.15) is 15.8 Å². The molecule has 2 N–H and O–H groups in total. The van der Waals surface area contributed by atoms with Gasteiger partial charge < -0.3 is 19.8 Å². The van der Waals surface area contributed by atoms with E-state index < -0.39 is 17.3 Å². The lowest BCUT2D eigenvalue weighted by Gasteiger charge is -2.46. The normalized spacial score (nSPS) is 27.4. The van der Waals surface area contributed by atoms with Crippen molar-refractivity contribution in [3.8, 4) is 29.7 Å². The first kappa shape index (κ1) is 20.4. The molecule has 0 bridgehead atoms. The van der Waals surface area contributed by atoms with E-state index in [-0.39, 0.29) is 11.6 Å². The largest absolute Gasteiger partial charge is 0.493 e. The second-order valence-corrected chi connectivity index (χ2v) is 7.50. The van der Waals surface area contributed by atoms with Crippen LogP contribution in [0.4, 0.5) is 0 Å². The highest BCUT2D eigenvalue weighted by atomic mass is 16.5. The van der Waals surface area contributed by atoms with Crippen molar-refractivity contribution in [2.24, 2.45) is 17.3 Å². The molecule has 2 aliphatic rings. The second kappa shape index (κ2) is 7.95. The molecule has 1 aliphatic carbocycles. The van der Waals surface area contributed by atoms with Gasteiger partial charge in [-0.15, -0.1) is 0 Å². The number of methoxy groups -OCH3 is 1. The SMILES string of the molecule is CCOc1ccc([C@H]2[C@@H]3C[NH+](C)CC=C3[C@@H](C#N)C(=N)C2(C#N)C#N)cc1OC. The van der Waals surface area contributed by atoms with Gasteiger partial charge in [0.1, 0.15) is 5.92 Å². The van der Waals surface area contributed by atoms with Crippen molar-refractivity contribution in [3.63, 3.8) is 0 Å². The third-order valence-corrected chi connectivity index (χ3v) is 5.93. The summed E-state index contributed by atoms with van der Waals surface area (Å²) < 4.78 is 11.1. The Morgan fingerprint density at radius 3 is 2.55 bits per heavy atom. The van der Waals surface area contributed by atoms with Crippen LogP contribution in [0, 0.1) is 56.7 Å². The van der Waals surface area contributed by atoms with E-state index in [2.05, 4.69) is 18.2 Å². The van der Waals surface area contributed by atoms with Crippen molar-refractivity contribution in [1.82, 2.24) is 0 Å². The lowest BCUT2D eigenvalue weighted by atomic mass is 9.54. The minimum atomic E-state index is -1.71. The van der Waals surface area contributed by atoms with Gasteiger partial charge in [-0.3, -0.25) is 0 Å². The molecule has 1 aromatic rings. The molecule has 0 radical (unpaired) electrons. The Morgan fingerprint density at radius 2 is 1.97 bits per heavy atom. The third-order valence-electron chi connectivity index (χ3n) is 5.93. The highest BCUT2D eigenvalue weighted by Crippen LogP contribution is 2.53. The van der Waals surface area contributed by atoms with E-state index in [4.69, 9.17) is 14.9 Å². The molecule has 0 amide bonds. The molecule has 1 unspecified atom stereocenters. The van der Waals surface area contributed by atoms with Crippen LogP contribution in [0.25, 0.3) is 0 Å². The van der Waals surface area contributed by atoms with Gasteiger partial charge >= 0.3 is 0 Å². The van der Waals surface area contributed by atoms with E-state index in [0.717, 1.165) is 17.7 Å². The Hall–Kier alpha value is -3.34. The highest BCUT2D eigenvalue weighted by molar-refractivity contribution is 6.00. The summed E-state index contributed by atoms with van der Waals surface area (Å²) in [5.41, 5.74) is -0.259. The number of likely N-dealkylation sites (N-methyl/N-ethyl adjacent to an activating group) is 1. The van der Waals surface area contributed by atoms with E-state index >= 15 is 0 Å². The summed E-state index contributed by atoms with van der Waals surface area (Å²) >= 11 is 0. The number of hydrogen-bond donors (Lipinski definition) is 2. The maximum atomic E-state index is 10.1. The number of nitrogens with one attached hydrogen (secondary N) is 2. The lowest BCUT2D eigenvalue weighted by Crippen LogP contribution is -3.10. The van der Waals surface area contributed by atoms with E-state index in [0.29, 0.717) is 24.7 Å². The summed E-state index contributed by atoms with van der Waals surface area (Å²) in [6.45, 7) is 3.80. The molecule has 1 aliphatic heterocycles. The molecule has 7 nitrogen and oxygen atoms in total. The maximum absolute atomic E-state index is 10.1. The summed E-state index contributed by atoms with van der Waals surface area (Å²) in [7, 11) is 3.59. The van der Waals surface area contributed by atoms with Gasteiger partial charge in [0.2, 0.25) is 0 Å². The monoisotopic (exact) mass is 390 g/mol. The Balaban J connectivity index is 2.24. The summed E-state index contributed by atoms with van der Waals surface area (Å²) in [6.07, 6.45) is 2.00. The molecule has 0 aromatic heterocycles. The lowest BCUT2D eigenvalue weighted by molar-refractivity contribution is -0.878. The van der Waals surface area contributed by atoms with Crippen molar-refractivity contribution in [2.75, 3.05) is 33.9 Å². The molecule has 7 heteroatoms. The fourth-order valence-electron chi connectivity index (χ4n) is 4.58. The van der Waals surface area contributed by atoms with E-state index in [1.165, 1.54) is 4.90 Å². The molecule has 3 rings (SSSR count). The molecule has 0 spiro atoms. The molecule has 0 saturated heterocycles. The zero-order valence-electron chi connectivity index (χ0n) is 16.8. The predicted octanol–water partition coefficient (Wildman–Crippen LogP) is 1.46. The molecule has 1 aromatic carbocycles. The molecule has 1 heterocycles. The quantitative estimate of drug-likeness (QED) is 0.755. The Labute approximate surface area is 170 Å². The van der Waals surface area contributed by atoms with Crippen molar-refractivity contribution in [1.29, 1.82) is 21.2 Å². The first-order chi connectivity index (χ1) is 14.0. The second-order valence-electron chi connectivity index (χ2n) is 7.50. The fourth-order valence-corrected chi connectivity index (χ4v) is 4.58. The van der Waals surface area contributed by atoms with Gasteiger partial charge in [0.25, 0.3) is 0 Å². The zero-order chi connectivity index (χ0) is 21.2. The van der Waals surface area contributed by atoms with Crippen LogP contribution in [0.1, 0.15) is 18.4 Å². The van der Waals surface area contributed by atoms with Crippen LogP contribution < -0.4 is 14.4 Å². The van der Waals surface area contributed by atoms with E-state index in [1.807, 2.05) is 26.1 Å². The number of hydrogen-bond acceptors (Lipinski definition) is 6. The minimum absolute atomic E-state index is 0.134. The number of ether oxygens (including phenoxy) is 2. The van der Waals surface area contributed by atoms with Crippen LogP contribution in [0.3, 0.4) is 0 Å². The number of nitrogens with zero attached hydrogens (tertiary/aromatic N) is 3. The zero-order valence-corrected chi connectivity index (χ0v) is 16.8. The number of nitriles is 3. The third kappa shape index (κ3) is 3.12. The van der Waals surface area contributed by atoms with Gasteiger partial charge in [-0.25, -0.2) is 0 Å². The predicted molar refractivity (Wildman–Crippen MR) is 106 cm³/mol. The van der Waals surface area contributed by atoms with Crippen molar-refractivity contribution in [2.45, 2.75) is 12.8 Å². The highest BCUT2D eigenvalue weighted by Gasteiger charge is 2.58. The van der Waals surface area contributed by atoms with Gasteiger partial charge in [-0.05, 0) is 36.3 Å². The van der Waals surface area contributed by atoms with Gasteiger partial charge in [0, 0.05) is 11.8 Å². The molecule has 1 fully saturated rings. The number of benzene rings is 1. The van der Waals surface area contributed by atoms with Crippen LogP contribution in [0.15, 0.2) is 29.8 Å². The summed E-state index contributed by atoms with van der Waals surface area (Å²) in [5, 5.41) is 38.5. The summed E-state index contributed by atoms with van der Waals surface area (Å²) in [6, 6.07) is 11.8. The van der Waals surface area contributed by atoms with E-state index in [9.17, 15) is 15.8 Å². The van der Waals surface area contributed by atoms with Crippen LogP contribution in [0.2, 0.25) is 0 Å². The van der Waals surface area contributed by atoms with Gasteiger partial charge in [-0.1, -0.05) is 6.07 Å². The smallest absolute Gasteiger partial charge is 0.189 e. The Kier molecular flexibility index (Phi) is 5.59. The van der Waals surface area contributed by atoms with Crippen LogP contribution >= 0.6 is 0 Å². The van der Waals surface area contributed by atoms with Crippen molar-refractivity contribution in [3.05, 3.63) is 35.4 Å². The fraction of sp³-hybridized carbons (Fsp3) is 0.455. The molecule has 1 saturated carbocycles. The first-order valence-electron chi connectivity index (χ1n) is 9.60. The topological polar surface area (TPSA) is 118 Å². The van der Waals surface area contributed by atoms with Crippen molar-refractivity contribution < 1.29 is 14.4 Å². The molecular formula is C22H24N5O2+. The summed E-state index contributed by atoms with van der Waals surface area (Å²) in [4.78, 5) is 1.23. The average molecular weight is 390 g/mol. The van der Waals surface area contributed by atoms with Crippen LogP contribution in [-0.2, 0) is 0 Å². The van der Waals surface area contributed by atoms with Gasteiger partial charge in [0.05, 0.1) is 57.8 Å². The Bertz CT molecular complexity index is 964. The first-order valence-corrected chi connectivity index (χ1v) is 9.60. The maximum Gasteiger partial charge on any atom is 0.189 e. The van der Waals surface area contributed by atoms with E-state index in [1.54, 1.807) is 19.2 Å². The number of rotatable bonds is 4. The Morgan fingerprint density at radius 1 is 1.24 bits per heavy atom. The van der Waals surface area contributed by atoms with Crippen LogP contribution in [0.5, 0.6) is 11.5 Å². The molecule has 29 heavy (non-hydrogen) atoms. The molecule has 148 valence electrons. The standard InChI is InChI=1S/C22H23N5O2/c1-4-29-18-6-5-14(9-19(18)28-3)20-17-11-27(2)8-7-15(17)16(10-23)21(26)22(20,12-24)13-25/h5-7,9,16-17,20,26H,4,8,11H2,1-3H3/p+1/t16-,17-,20+/m1/s1. The molecular weight excluding hydrogens is 366 g/mol. The number of quaternary nitrogens is 1. The minimum Gasteiger partial charge on any atom is -0.493 e. The number of fused-ring (bicyclic) bond motifs is 1. The average Bonchev–Trinajstić information content (AvgIpc) is 2.74. The van der Waals surface area contributed by atoms with Gasteiger partial charge in [0.15, 0.2) is 16.9 Å². The molecule has 4 atom stereocenters. The van der Waals surface area contributed by atoms with Crippen LogP contribution in [-0.4, -0.2) is 39.6 Å². The van der Waals surface area contributed by atoms with Crippen molar-refractivity contribution >= 4 is 5.71 Å². The summed E-state index contributed by atoms with van der Waals surface area (Å²) in [5.74, 6) is -0.496.